The number of benzene rings is 3. The Morgan fingerprint density at radius 2 is 1.62 bits per heavy atom. The molecule has 48 heavy (non-hydrogen) atoms. The average molecular weight is 666 g/mol. The van der Waals surface area contributed by atoms with Crippen LogP contribution in [0.25, 0.3) is 11.1 Å². The summed E-state index contributed by atoms with van der Waals surface area (Å²) in [6.07, 6.45) is 3.85. The number of carbonyl (C=O) groups is 3. The van der Waals surface area contributed by atoms with Crippen LogP contribution in [0.15, 0.2) is 96.4 Å². The normalized spacial score (nSPS) is 15.9. The van der Waals surface area contributed by atoms with Gasteiger partial charge >= 0.3 is 0 Å². The first kappa shape index (κ1) is 35.0. The second-order valence-corrected chi connectivity index (χ2v) is 13.7. The van der Waals surface area contributed by atoms with Gasteiger partial charge in [-0.1, -0.05) is 72.8 Å². The lowest BCUT2D eigenvalue weighted by atomic mass is 9.98. The summed E-state index contributed by atoms with van der Waals surface area (Å²) < 4.78 is 0. The largest absolute Gasteiger partial charge is 0.354 e. The maximum absolute atomic E-state index is 14.6. The molecule has 0 saturated carbocycles. The number of hydrogen-bond donors (Lipinski definition) is 2. The van der Waals surface area contributed by atoms with Crippen LogP contribution in [0.3, 0.4) is 0 Å². The Bertz CT molecular complexity index is 1640. The quantitative estimate of drug-likeness (QED) is 0.192. The number of amides is 3. The first-order chi connectivity index (χ1) is 23.2. The van der Waals surface area contributed by atoms with E-state index in [-0.39, 0.29) is 17.7 Å². The minimum atomic E-state index is -0.850. The van der Waals surface area contributed by atoms with Gasteiger partial charge in [-0.3, -0.25) is 14.4 Å². The average Bonchev–Trinajstić information content (AvgIpc) is 3.80. The molecule has 1 aliphatic rings. The topological polar surface area (TPSA) is 99.0 Å². The number of thiophene rings is 1. The van der Waals surface area contributed by atoms with Crippen molar-refractivity contribution in [2.24, 2.45) is 5.73 Å². The smallest absolute Gasteiger partial charge is 0.254 e. The molecule has 3 unspecified atom stereocenters. The second-order valence-electron chi connectivity index (χ2n) is 12.7. The molecule has 1 aromatic heterocycles. The van der Waals surface area contributed by atoms with Crippen molar-refractivity contribution >= 4 is 29.1 Å². The molecule has 1 saturated heterocycles. The number of nitrogens with two attached hydrogens (primary N) is 1. The molecule has 0 spiro atoms. The fourth-order valence-corrected chi connectivity index (χ4v) is 7.23. The van der Waals surface area contributed by atoms with Gasteiger partial charge in [0, 0.05) is 56.5 Å². The van der Waals surface area contributed by atoms with Crippen LogP contribution in [0, 0.1) is 0 Å². The molecule has 252 valence electrons. The molecule has 0 aliphatic carbocycles. The molecular weight excluding hydrogens is 619 g/mol. The van der Waals surface area contributed by atoms with Gasteiger partial charge < -0.3 is 25.8 Å². The second kappa shape index (κ2) is 16.7. The summed E-state index contributed by atoms with van der Waals surface area (Å²) in [4.78, 5) is 48.7. The number of likely N-dealkylation sites (N-methyl/N-ethyl adjacent to an activating group) is 2. The van der Waals surface area contributed by atoms with Gasteiger partial charge in [-0.05, 0) is 78.7 Å². The Hall–Kier alpha value is -4.31. The maximum atomic E-state index is 14.6. The van der Waals surface area contributed by atoms with Gasteiger partial charge in [-0.25, -0.2) is 0 Å². The Morgan fingerprint density at radius 3 is 2.29 bits per heavy atom. The predicted octanol–water partition coefficient (Wildman–Crippen LogP) is 5.23. The van der Waals surface area contributed by atoms with Crippen molar-refractivity contribution in [2.45, 2.75) is 56.8 Å². The lowest BCUT2D eigenvalue weighted by Gasteiger charge is -2.34. The summed E-state index contributed by atoms with van der Waals surface area (Å²) in [5.74, 6) is -0.756. The molecule has 5 rings (SSSR count). The van der Waals surface area contributed by atoms with Crippen molar-refractivity contribution in [3.8, 4) is 11.1 Å². The molecule has 3 atom stereocenters. The van der Waals surface area contributed by atoms with Gasteiger partial charge in [0.1, 0.15) is 12.1 Å². The molecule has 4 aromatic rings. The van der Waals surface area contributed by atoms with Crippen LogP contribution in [-0.2, 0) is 29.0 Å². The van der Waals surface area contributed by atoms with Crippen molar-refractivity contribution in [1.29, 1.82) is 0 Å². The van der Waals surface area contributed by atoms with E-state index in [0.29, 0.717) is 37.5 Å². The number of carbonyl (C=O) groups excluding carboxylic acids is 3. The number of rotatable bonds is 14. The standard InChI is InChI=1S/C39H47N5O3S/c1-42-22-8-14-33(42)20-21-41-37(45)35(26-34-15-9-23-48-34)43(2)39(47)36(44(3)38(46)32-13-7-10-29(24-32)27-40)25-28-16-18-31(19-17-28)30-11-5-4-6-12-30/h4-7,9-13,15-19,23-24,33,35-36H,8,14,20-22,25-27,40H2,1-3H3,(H,41,45). The highest BCUT2D eigenvalue weighted by atomic mass is 32.1. The van der Waals surface area contributed by atoms with E-state index in [1.165, 1.54) is 11.3 Å². The lowest BCUT2D eigenvalue weighted by molar-refractivity contribution is -0.142. The SMILES string of the molecule is CN1CCCC1CCNC(=O)C(Cc1cccs1)N(C)C(=O)C(Cc1ccc(-c2ccccc2)cc1)N(C)C(=O)c1cccc(CN)c1. The summed E-state index contributed by atoms with van der Waals surface area (Å²) in [5.41, 5.74) is 10.3. The van der Waals surface area contributed by atoms with Gasteiger partial charge in [0.05, 0.1) is 0 Å². The van der Waals surface area contributed by atoms with Crippen molar-refractivity contribution < 1.29 is 14.4 Å². The fraction of sp³-hybridized carbons (Fsp3) is 0.359. The molecule has 9 heteroatoms. The zero-order chi connectivity index (χ0) is 34.0. The van der Waals surface area contributed by atoms with Crippen LogP contribution < -0.4 is 11.1 Å². The van der Waals surface area contributed by atoms with Crippen LogP contribution >= 0.6 is 11.3 Å². The third kappa shape index (κ3) is 8.78. The first-order valence-electron chi connectivity index (χ1n) is 16.7. The van der Waals surface area contributed by atoms with E-state index in [2.05, 4.69) is 29.4 Å². The van der Waals surface area contributed by atoms with E-state index in [9.17, 15) is 14.4 Å². The molecule has 2 heterocycles. The Labute approximate surface area is 288 Å². The van der Waals surface area contributed by atoms with Gasteiger partial charge in [-0.2, -0.15) is 0 Å². The molecule has 0 bridgehead atoms. The molecule has 8 nitrogen and oxygen atoms in total. The van der Waals surface area contributed by atoms with E-state index < -0.39 is 12.1 Å². The fourth-order valence-electron chi connectivity index (χ4n) is 6.49. The molecule has 1 aliphatic heterocycles. The summed E-state index contributed by atoms with van der Waals surface area (Å²) in [7, 11) is 5.48. The Balaban J connectivity index is 1.40. The van der Waals surface area contributed by atoms with Crippen molar-refractivity contribution in [1.82, 2.24) is 20.0 Å². The molecular formula is C39H47N5O3S. The summed E-state index contributed by atoms with van der Waals surface area (Å²) >= 11 is 1.57. The Morgan fingerprint density at radius 1 is 0.875 bits per heavy atom. The third-order valence-electron chi connectivity index (χ3n) is 9.51. The molecule has 0 radical (unpaired) electrons. The summed E-state index contributed by atoms with van der Waals surface area (Å²) in [6.45, 7) is 1.93. The minimum absolute atomic E-state index is 0.185. The maximum Gasteiger partial charge on any atom is 0.254 e. The number of hydrogen-bond acceptors (Lipinski definition) is 6. The van der Waals surface area contributed by atoms with E-state index >= 15 is 0 Å². The summed E-state index contributed by atoms with van der Waals surface area (Å²) in [6, 6.07) is 28.2. The van der Waals surface area contributed by atoms with Crippen molar-refractivity contribution in [3.63, 3.8) is 0 Å². The molecule has 3 aromatic carbocycles. The monoisotopic (exact) mass is 665 g/mol. The zero-order valence-corrected chi connectivity index (χ0v) is 29.0. The molecule has 3 amide bonds. The number of nitrogens with zero attached hydrogens (tertiary/aromatic N) is 3. The van der Waals surface area contributed by atoms with Crippen LogP contribution in [0.4, 0.5) is 0 Å². The van der Waals surface area contributed by atoms with Crippen LogP contribution in [0.2, 0.25) is 0 Å². The molecule has 1 fully saturated rings. The first-order valence-corrected chi connectivity index (χ1v) is 17.6. The zero-order valence-electron chi connectivity index (χ0n) is 28.2. The summed E-state index contributed by atoms with van der Waals surface area (Å²) in [5, 5.41) is 5.11. The van der Waals surface area contributed by atoms with E-state index in [1.54, 1.807) is 48.5 Å². The van der Waals surface area contributed by atoms with Gasteiger partial charge in [0.2, 0.25) is 11.8 Å². The highest BCUT2D eigenvalue weighted by Crippen LogP contribution is 2.23. The van der Waals surface area contributed by atoms with Gasteiger partial charge in [0.25, 0.3) is 5.91 Å². The van der Waals surface area contributed by atoms with Crippen molar-refractivity contribution in [2.75, 3.05) is 34.2 Å². The highest BCUT2D eigenvalue weighted by molar-refractivity contribution is 7.09. The minimum Gasteiger partial charge on any atom is -0.354 e. The Kier molecular flexibility index (Phi) is 12.2. The third-order valence-corrected chi connectivity index (χ3v) is 10.4. The van der Waals surface area contributed by atoms with E-state index in [1.807, 2.05) is 66.0 Å². The number of likely N-dealkylation sites (tertiary alicyclic amines) is 1. The van der Waals surface area contributed by atoms with E-state index in [0.717, 1.165) is 46.5 Å². The highest BCUT2D eigenvalue weighted by Gasteiger charge is 2.36. The van der Waals surface area contributed by atoms with E-state index in [4.69, 9.17) is 5.73 Å². The number of nitrogens with one attached hydrogen (secondary N) is 1. The van der Waals surface area contributed by atoms with Gasteiger partial charge in [-0.15, -0.1) is 11.3 Å². The predicted molar refractivity (Wildman–Crippen MR) is 194 cm³/mol. The van der Waals surface area contributed by atoms with Crippen LogP contribution in [0.1, 0.15) is 45.6 Å². The van der Waals surface area contributed by atoms with Crippen LogP contribution in [-0.4, -0.2) is 84.8 Å². The van der Waals surface area contributed by atoms with Crippen molar-refractivity contribution in [3.05, 3.63) is 118 Å². The molecule has 3 N–H and O–H groups in total. The van der Waals surface area contributed by atoms with Gasteiger partial charge in [0.15, 0.2) is 0 Å². The lowest BCUT2D eigenvalue weighted by Crippen LogP contribution is -2.56. The van der Waals surface area contributed by atoms with Crippen LogP contribution in [0.5, 0.6) is 0 Å².